The van der Waals surface area contributed by atoms with Crippen LogP contribution in [0.15, 0.2) is 59.5 Å². The summed E-state index contributed by atoms with van der Waals surface area (Å²) >= 11 is 3.51. The maximum absolute atomic E-state index is 13.6. The van der Waals surface area contributed by atoms with Crippen LogP contribution in [-0.2, 0) is 0 Å². The number of hydrogen-bond donors (Lipinski definition) is 1. The van der Waals surface area contributed by atoms with Gasteiger partial charge in [-0.1, -0.05) is 6.07 Å². The van der Waals surface area contributed by atoms with Gasteiger partial charge in [-0.15, -0.1) is 0 Å². The molecule has 21 heavy (non-hydrogen) atoms. The standard InChI is InChI=1S/C16H11BrFN3/c17-15-10-21(9-14(15)16-3-1-2-4-20-16)13-6-11(8-19)5-12(18)7-13/h1-10,19H. The van der Waals surface area contributed by atoms with Crippen LogP contribution >= 0.6 is 15.9 Å². The summed E-state index contributed by atoms with van der Waals surface area (Å²) in [5, 5.41) is 7.26. The maximum Gasteiger partial charge on any atom is 0.125 e. The van der Waals surface area contributed by atoms with E-state index in [4.69, 9.17) is 5.41 Å². The van der Waals surface area contributed by atoms with Crippen molar-refractivity contribution in [2.75, 3.05) is 0 Å². The van der Waals surface area contributed by atoms with Crippen molar-refractivity contribution in [2.24, 2.45) is 0 Å². The molecule has 0 bridgehead atoms. The number of benzene rings is 1. The fraction of sp³-hybridized carbons (Fsp3) is 0. The molecule has 0 saturated heterocycles. The van der Waals surface area contributed by atoms with Gasteiger partial charge in [0.05, 0.1) is 5.69 Å². The summed E-state index contributed by atoms with van der Waals surface area (Å²) in [5.41, 5.74) is 2.95. The Labute approximate surface area is 129 Å². The first-order valence-corrected chi connectivity index (χ1v) is 7.07. The molecule has 1 N–H and O–H groups in total. The number of aromatic nitrogens is 2. The van der Waals surface area contributed by atoms with Gasteiger partial charge in [0.1, 0.15) is 5.82 Å². The van der Waals surface area contributed by atoms with Crippen molar-refractivity contribution in [3.63, 3.8) is 0 Å². The van der Waals surface area contributed by atoms with Crippen molar-refractivity contribution in [2.45, 2.75) is 0 Å². The lowest BCUT2D eigenvalue weighted by molar-refractivity contribution is 0.626. The van der Waals surface area contributed by atoms with E-state index in [0.717, 1.165) is 21.9 Å². The van der Waals surface area contributed by atoms with E-state index in [1.165, 1.54) is 12.1 Å². The average molecular weight is 344 g/mol. The minimum Gasteiger partial charge on any atom is -0.322 e. The van der Waals surface area contributed by atoms with Crippen LogP contribution in [0.25, 0.3) is 16.9 Å². The van der Waals surface area contributed by atoms with Crippen LogP contribution in [-0.4, -0.2) is 15.8 Å². The molecular formula is C16H11BrFN3. The number of hydrogen-bond acceptors (Lipinski definition) is 2. The Balaban J connectivity index is 2.09. The van der Waals surface area contributed by atoms with E-state index in [2.05, 4.69) is 20.9 Å². The molecule has 0 spiro atoms. The minimum atomic E-state index is -0.366. The zero-order chi connectivity index (χ0) is 14.8. The van der Waals surface area contributed by atoms with Gasteiger partial charge in [0.25, 0.3) is 0 Å². The molecular weight excluding hydrogens is 333 g/mol. The zero-order valence-electron chi connectivity index (χ0n) is 10.9. The third-order valence-electron chi connectivity index (χ3n) is 3.09. The Morgan fingerprint density at radius 3 is 2.76 bits per heavy atom. The summed E-state index contributed by atoms with van der Waals surface area (Å²) in [6, 6.07) is 10.2. The summed E-state index contributed by atoms with van der Waals surface area (Å²) in [7, 11) is 0. The predicted octanol–water partition coefficient (Wildman–Crippen LogP) is 4.44. The van der Waals surface area contributed by atoms with Gasteiger partial charge in [-0.05, 0) is 51.8 Å². The molecule has 0 saturated carbocycles. The highest BCUT2D eigenvalue weighted by atomic mass is 79.9. The minimum absolute atomic E-state index is 0.366. The fourth-order valence-corrected chi connectivity index (χ4v) is 2.64. The summed E-state index contributed by atoms with van der Waals surface area (Å²) < 4.78 is 16.3. The van der Waals surface area contributed by atoms with Crippen molar-refractivity contribution in [1.82, 2.24) is 9.55 Å². The molecule has 0 fully saturated rings. The smallest absolute Gasteiger partial charge is 0.125 e. The predicted molar refractivity (Wildman–Crippen MR) is 84.5 cm³/mol. The summed E-state index contributed by atoms with van der Waals surface area (Å²) in [5.74, 6) is -0.366. The third-order valence-corrected chi connectivity index (χ3v) is 3.72. The molecule has 5 heteroatoms. The van der Waals surface area contributed by atoms with Gasteiger partial charge < -0.3 is 9.98 Å². The number of halogens is 2. The maximum atomic E-state index is 13.6. The SMILES string of the molecule is N=Cc1cc(F)cc(-n2cc(Br)c(-c3ccccn3)c2)c1. The Hall–Kier alpha value is -2.27. The lowest BCUT2D eigenvalue weighted by Gasteiger charge is -2.04. The normalized spacial score (nSPS) is 10.6. The molecule has 2 heterocycles. The van der Waals surface area contributed by atoms with Crippen LogP contribution in [0.1, 0.15) is 5.56 Å². The number of nitrogens with zero attached hydrogens (tertiary/aromatic N) is 2. The van der Waals surface area contributed by atoms with Crippen LogP contribution in [0.2, 0.25) is 0 Å². The average Bonchev–Trinajstić information content (AvgIpc) is 2.89. The van der Waals surface area contributed by atoms with E-state index in [-0.39, 0.29) is 5.82 Å². The Bertz CT molecular complexity index is 797. The van der Waals surface area contributed by atoms with Crippen LogP contribution in [0, 0.1) is 11.2 Å². The van der Waals surface area contributed by atoms with Crippen LogP contribution < -0.4 is 0 Å². The lowest BCUT2D eigenvalue weighted by Crippen LogP contribution is -1.93. The second-order valence-electron chi connectivity index (χ2n) is 4.53. The highest BCUT2D eigenvalue weighted by molar-refractivity contribution is 9.10. The van der Waals surface area contributed by atoms with E-state index in [1.54, 1.807) is 12.3 Å². The number of rotatable bonds is 3. The van der Waals surface area contributed by atoms with Gasteiger partial charge in [0.2, 0.25) is 0 Å². The van der Waals surface area contributed by atoms with Gasteiger partial charge in [-0.2, -0.15) is 0 Å². The van der Waals surface area contributed by atoms with Crippen LogP contribution in [0.3, 0.4) is 0 Å². The van der Waals surface area contributed by atoms with Crippen molar-refractivity contribution in [1.29, 1.82) is 5.41 Å². The molecule has 0 atom stereocenters. The van der Waals surface area contributed by atoms with Crippen LogP contribution in [0.4, 0.5) is 4.39 Å². The molecule has 3 nitrogen and oxygen atoms in total. The molecule has 2 aromatic heterocycles. The van der Waals surface area contributed by atoms with E-state index in [0.29, 0.717) is 11.3 Å². The largest absolute Gasteiger partial charge is 0.322 e. The van der Waals surface area contributed by atoms with Gasteiger partial charge in [0, 0.05) is 40.5 Å². The molecule has 0 unspecified atom stereocenters. The van der Waals surface area contributed by atoms with E-state index < -0.39 is 0 Å². The molecule has 104 valence electrons. The summed E-state index contributed by atoms with van der Waals surface area (Å²) in [6.45, 7) is 0. The van der Waals surface area contributed by atoms with Gasteiger partial charge in [-0.25, -0.2) is 4.39 Å². The first-order valence-electron chi connectivity index (χ1n) is 6.28. The molecule has 3 aromatic rings. The summed E-state index contributed by atoms with van der Waals surface area (Å²) in [4.78, 5) is 4.31. The van der Waals surface area contributed by atoms with E-state index >= 15 is 0 Å². The monoisotopic (exact) mass is 343 g/mol. The van der Waals surface area contributed by atoms with Gasteiger partial charge >= 0.3 is 0 Å². The van der Waals surface area contributed by atoms with E-state index in [1.807, 2.05) is 35.2 Å². The number of pyridine rings is 1. The second kappa shape index (κ2) is 5.61. The quantitative estimate of drug-likeness (QED) is 0.702. The first-order chi connectivity index (χ1) is 10.2. The second-order valence-corrected chi connectivity index (χ2v) is 5.38. The molecule has 1 aromatic carbocycles. The highest BCUT2D eigenvalue weighted by Gasteiger charge is 2.10. The van der Waals surface area contributed by atoms with Crippen molar-refractivity contribution < 1.29 is 4.39 Å². The Morgan fingerprint density at radius 1 is 1.19 bits per heavy atom. The lowest BCUT2D eigenvalue weighted by atomic mass is 10.2. The summed E-state index contributed by atoms with van der Waals surface area (Å²) in [6.07, 6.45) is 6.60. The van der Waals surface area contributed by atoms with Gasteiger partial charge in [-0.3, -0.25) is 4.98 Å². The Kier molecular flexibility index (Phi) is 3.66. The van der Waals surface area contributed by atoms with Crippen molar-refractivity contribution in [3.05, 3.63) is 70.8 Å². The van der Waals surface area contributed by atoms with E-state index in [9.17, 15) is 4.39 Å². The zero-order valence-corrected chi connectivity index (χ0v) is 12.5. The molecule has 0 amide bonds. The molecule has 0 aliphatic carbocycles. The highest BCUT2D eigenvalue weighted by Crippen LogP contribution is 2.29. The van der Waals surface area contributed by atoms with Crippen molar-refractivity contribution >= 4 is 22.1 Å². The fourth-order valence-electron chi connectivity index (χ4n) is 2.12. The number of nitrogens with one attached hydrogen (secondary N) is 1. The van der Waals surface area contributed by atoms with Crippen LogP contribution in [0.5, 0.6) is 0 Å². The molecule has 3 rings (SSSR count). The molecule has 0 radical (unpaired) electrons. The first kappa shape index (κ1) is 13.7. The van der Waals surface area contributed by atoms with Crippen molar-refractivity contribution in [3.8, 4) is 16.9 Å². The Morgan fingerprint density at radius 2 is 2.05 bits per heavy atom. The molecule has 0 aliphatic heterocycles. The third kappa shape index (κ3) is 2.78. The molecule has 0 aliphatic rings. The topological polar surface area (TPSA) is 41.7 Å². The van der Waals surface area contributed by atoms with Gasteiger partial charge in [0.15, 0.2) is 0 Å².